The summed E-state index contributed by atoms with van der Waals surface area (Å²) < 4.78 is 11.0. The third-order valence-corrected chi connectivity index (χ3v) is 3.12. The summed E-state index contributed by atoms with van der Waals surface area (Å²) in [6.45, 7) is 5.16. The van der Waals surface area contributed by atoms with Crippen LogP contribution in [0.2, 0.25) is 0 Å². The summed E-state index contributed by atoms with van der Waals surface area (Å²) in [6.07, 6.45) is 1.42. The molecule has 1 heterocycles. The van der Waals surface area contributed by atoms with Crippen LogP contribution < -0.4 is 10.6 Å². The summed E-state index contributed by atoms with van der Waals surface area (Å²) >= 11 is 0. The first kappa shape index (κ1) is 19.3. The summed E-state index contributed by atoms with van der Waals surface area (Å²) in [5.41, 5.74) is -0.0693. The van der Waals surface area contributed by atoms with Crippen LogP contribution in [0.5, 0.6) is 0 Å². The van der Waals surface area contributed by atoms with Gasteiger partial charge in [0.2, 0.25) is 0 Å². The number of carbonyl (C=O) groups is 2. The van der Waals surface area contributed by atoms with Crippen LogP contribution >= 0.6 is 0 Å². The number of aryl methyl sites for hydroxylation is 1. The van der Waals surface area contributed by atoms with Crippen LogP contribution in [0.25, 0.3) is 0 Å². The van der Waals surface area contributed by atoms with Crippen LogP contribution in [0.1, 0.15) is 20.8 Å². The van der Waals surface area contributed by atoms with E-state index in [4.69, 9.17) is 9.47 Å². The van der Waals surface area contributed by atoms with Crippen molar-refractivity contribution in [1.82, 2.24) is 9.78 Å². The lowest BCUT2D eigenvalue weighted by Gasteiger charge is -2.18. The first-order valence-electron chi connectivity index (χ1n) is 7.51. The number of esters is 2. The lowest BCUT2D eigenvalue weighted by Crippen LogP contribution is -2.33. The Morgan fingerprint density at radius 2 is 1.96 bits per heavy atom. The van der Waals surface area contributed by atoms with Gasteiger partial charge < -0.3 is 9.47 Å². The minimum Gasteiger partial charge on any atom is -0.465 e. The Balaban J connectivity index is 3.18. The van der Waals surface area contributed by atoms with E-state index < -0.39 is 17.9 Å². The summed E-state index contributed by atoms with van der Waals surface area (Å²) in [6, 6.07) is 1.31. The van der Waals surface area contributed by atoms with E-state index in [1.54, 1.807) is 13.8 Å². The molecule has 0 spiro atoms. The molecule has 0 radical (unpaired) electrons. The molecule has 0 fully saturated rings. The molecule has 9 nitrogen and oxygen atoms in total. The highest BCUT2D eigenvalue weighted by molar-refractivity contribution is 6.40. The van der Waals surface area contributed by atoms with Gasteiger partial charge in [-0.3, -0.25) is 14.6 Å². The van der Waals surface area contributed by atoms with E-state index in [-0.39, 0.29) is 24.5 Å². The molecule has 0 amide bonds. The highest BCUT2D eigenvalue weighted by atomic mass is 16.5. The number of hydrazone groups is 1. The monoisotopic (exact) mass is 338 g/mol. The summed E-state index contributed by atoms with van der Waals surface area (Å²) in [4.78, 5) is 35.7. The van der Waals surface area contributed by atoms with Crippen molar-refractivity contribution >= 4 is 23.3 Å². The molecule has 0 bridgehead atoms. The second kappa shape index (κ2) is 8.80. The van der Waals surface area contributed by atoms with Gasteiger partial charge in [0, 0.05) is 20.2 Å². The number of anilines is 1. The predicted octanol–water partition coefficient (Wildman–Crippen LogP) is 0.335. The quantitative estimate of drug-likeness (QED) is 0.401. The molecule has 0 N–H and O–H groups in total. The lowest BCUT2D eigenvalue weighted by molar-refractivity contribution is -0.146. The number of carbonyl (C=O) groups excluding carboxylic acids is 2. The smallest absolute Gasteiger partial charge is 0.355 e. The van der Waals surface area contributed by atoms with Gasteiger partial charge in [0.25, 0.3) is 5.56 Å². The van der Waals surface area contributed by atoms with E-state index in [0.29, 0.717) is 5.69 Å². The molecule has 1 rings (SSSR count). The molecule has 0 aromatic carbocycles. The van der Waals surface area contributed by atoms with Gasteiger partial charge in [0.15, 0.2) is 5.71 Å². The Kier molecular flexibility index (Phi) is 7.09. The number of hydrogen-bond acceptors (Lipinski definition) is 8. The van der Waals surface area contributed by atoms with E-state index in [0.717, 1.165) is 4.68 Å². The largest absolute Gasteiger partial charge is 0.465 e. The normalized spacial score (nSPS) is 12.5. The Bertz CT molecular complexity index is 683. The van der Waals surface area contributed by atoms with Gasteiger partial charge in [0.1, 0.15) is 5.92 Å². The SMILES string of the molecule is CCOC(=O)/C(=N/N(C)c1cnn(C)c(=O)c1)C(C)C(=O)OCC. The standard InChI is InChI=1S/C15H22N4O5/c1-6-23-14(21)10(3)13(15(22)24-7-2)17-18(4)11-8-12(20)19(5)16-9-11/h8-10H,6-7H2,1-5H3/b17-13+. The van der Waals surface area contributed by atoms with Crippen molar-refractivity contribution in [3.05, 3.63) is 22.6 Å². The predicted molar refractivity (Wildman–Crippen MR) is 87.7 cm³/mol. The van der Waals surface area contributed by atoms with Gasteiger partial charge in [-0.25, -0.2) is 9.48 Å². The van der Waals surface area contributed by atoms with E-state index in [1.165, 1.54) is 38.3 Å². The van der Waals surface area contributed by atoms with Gasteiger partial charge in [-0.05, 0) is 20.8 Å². The molecule has 0 aliphatic rings. The van der Waals surface area contributed by atoms with Crippen LogP contribution in [0.3, 0.4) is 0 Å². The first-order chi connectivity index (χ1) is 11.3. The van der Waals surface area contributed by atoms with E-state index in [9.17, 15) is 14.4 Å². The molecule has 0 saturated heterocycles. The fourth-order valence-electron chi connectivity index (χ4n) is 1.74. The molecule has 0 aliphatic heterocycles. The summed E-state index contributed by atoms with van der Waals surface area (Å²) in [5, 5.41) is 9.30. The topological polar surface area (TPSA) is 103 Å². The molecule has 0 aliphatic carbocycles. The van der Waals surface area contributed by atoms with E-state index in [2.05, 4.69) is 10.2 Å². The van der Waals surface area contributed by atoms with Gasteiger partial charge in [0.05, 0.1) is 25.1 Å². The molecule has 9 heteroatoms. The van der Waals surface area contributed by atoms with E-state index in [1.807, 2.05) is 0 Å². The van der Waals surface area contributed by atoms with Crippen LogP contribution in [-0.4, -0.2) is 47.7 Å². The second-order valence-electron chi connectivity index (χ2n) is 4.88. The number of hydrogen-bond donors (Lipinski definition) is 0. The van der Waals surface area contributed by atoms with Crippen molar-refractivity contribution in [2.75, 3.05) is 25.3 Å². The maximum absolute atomic E-state index is 12.1. The fraction of sp³-hybridized carbons (Fsp3) is 0.533. The van der Waals surface area contributed by atoms with Crippen LogP contribution in [0.4, 0.5) is 5.69 Å². The summed E-state index contributed by atoms with van der Waals surface area (Å²) in [7, 11) is 3.05. The molecular weight excluding hydrogens is 316 g/mol. The van der Waals surface area contributed by atoms with Crippen molar-refractivity contribution in [2.45, 2.75) is 20.8 Å². The average Bonchev–Trinajstić information content (AvgIpc) is 2.54. The first-order valence-corrected chi connectivity index (χ1v) is 7.51. The highest BCUT2D eigenvalue weighted by Crippen LogP contribution is 2.11. The van der Waals surface area contributed by atoms with Gasteiger partial charge in [-0.1, -0.05) is 0 Å². The highest BCUT2D eigenvalue weighted by Gasteiger charge is 2.28. The Morgan fingerprint density at radius 3 is 2.50 bits per heavy atom. The Morgan fingerprint density at radius 1 is 1.33 bits per heavy atom. The van der Waals surface area contributed by atoms with Gasteiger partial charge >= 0.3 is 11.9 Å². The van der Waals surface area contributed by atoms with Crippen molar-refractivity contribution in [3.63, 3.8) is 0 Å². The van der Waals surface area contributed by atoms with Crippen LogP contribution in [0, 0.1) is 5.92 Å². The summed E-state index contributed by atoms with van der Waals surface area (Å²) in [5.74, 6) is -2.22. The van der Waals surface area contributed by atoms with Gasteiger partial charge in [-0.2, -0.15) is 10.2 Å². The third-order valence-electron chi connectivity index (χ3n) is 3.12. The van der Waals surface area contributed by atoms with Crippen molar-refractivity contribution in [2.24, 2.45) is 18.1 Å². The maximum atomic E-state index is 12.1. The fourth-order valence-corrected chi connectivity index (χ4v) is 1.74. The zero-order valence-electron chi connectivity index (χ0n) is 14.5. The van der Waals surface area contributed by atoms with Crippen molar-refractivity contribution in [3.8, 4) is 0 Å². The molecule has 1 aromatic heterocycles. The third kappa shape index (κ3) is 4.90. The molecule has 1 unspecified atom stereocenters. The molecule has 0 saturated carbocycles. The Hall–Kier alpha value is -2.71. The number of nitrogens with zero attached hydrogens (tertiary/aromatic N) is 4. The second-order valence-corrected chi connectivity index (χ2v) is 4.88. The average molecular weight is 338 g/mol. The van der Waals surface area contributed by atoms with Gasteiger partial charge in [-0.15, -0.1) is 0 Å². The minimum atomic E-state index is -0.911. The van der Waals surface area contributed by atoms with Crippen LogP contribution in [-0.2, 0) is 26.1 Å². The lowest BCUT2D eigenvalue weighted by atomic mass is 10.1. The molecule has 132 valence electrons. The zero-order valence-corrected chi connectivity index (χ0v) is 14.5. The maximum Gasteiger partial charge on any atom is 0.355 e. The Labute approximate surface area is 139 Å². The molecular formula is C15H22N4O5. The molecule has 1 aromatic rings. The number of aromatic nitrogens is 2. The number of ether oxygens (including phenoxy) is 2. The minimum absolute atomic E-state index is 0.113. The van der Waals surface area contributed by atoms with Crippen molar-refractivity contribution < 1.29 is 19.1 Å². The molecule has 24 heavy (non-hydrogen) atoms. The number of rotatable bonds is 7. The zero-order chi connectivity index (χ0) is 18.3. The van der Waals surface area contributed by atoms with Crippen molar-refractivity contribution in [1.29, 1.82) is 0 Å². The molecule has 1 atom stereocenters. The van der Waals surface area contributed by atoms with E-state index >= 15 is 0 Å². The van der Waals surface area contributed by atoms with Crippen LogP contribution in [0.15, 0.2) is 22.2 Å².